The molecule has 1 rings (SSSR count). The fourth-order valence-corrected chi connectivity index (χ4v) is 1.52. The maximum absolute atomic E-state index is 11.7. The van der Waals surface area contributed by atoms with Gasteiger partial charge in [0.15, 0.2) is 0 Å². The van der Waals surface area contributed by atoms with E-state index in [2.05, 4.69) is 5.32 Å². The summed E-state index contributed by atoms with van der Waals surface area (Å²) in [5.41, 5.74) is 6.21. The number of carbonyl (C=O) groups excluding carboxylic acids is 1. The van der Waals surface area contributed by atoms with Crippen molar-refractivity contribution in [3.05, 3.63) is 29.3 Å². The predicted molar refractivity (Wildman–Crippen MR) is 69.2 cm³/mol. The normalized spacial score (nSPS) is 12.2. The van der Waals surface area contributed by atoms with Crippen molar-refractivity contribution in [1.29, 1.82) is 0 Å². The second kappa shape index (κ2) is 7.27. The van der Waals surface area contributed by atoms with Gasteiger partial charge in [0.2, 0.25) is 5.91 Å². The van der Waals surface area contributed by atoms with Crippen molar-refractivity contribution in [2.24, 2.45) is 5.73 Å². The van der Waals surface area contributed by atoms with Crippen LogP contribution in [-0.2, 0) is 9.53 Å². The lowest BCUT2D eigenvalue weighted by molar-refractivity contribution is -0.118. The Bertz CT molecular complexity index is 354. The molecular formula is C12H17ClN2O2. The lowest BCUT2D eigenvalue weighted by Gasteiger charge is -2.14. The molecule has 0 aliphatic rings. The van der Waals surface area contributed by atoms with E-state index in [0.717, 1.165) is 0 Å². The lowest BCUT2D eigenvalue weighted by Crippen LogP contribution is -2.29. The molecule has 0 aliphatic heterocycles. The van der Waals surface area contributed by atoms with E-state index in [1.165, 1.54) is 0 Å². The molecule has 0 aromatic heterocycles. The monoisotopic (exact) mass is 256 g/mol. The molecule has 17 heavy (non-hydrogen) atoms. The van der Waals surface area contributed by atoms with E-state index < -0.39 is 0 Å². The van der Waals surface area contributed by atoms with Crippen LogP contribution in [-0.4, -0.2) is 25.2 Å². The number of halogens is 1. The Kier molecular flexibility index (Phi) is 5.97. The highest BCUT2D eigenvalue weighted by Crippen LogP contribution is 2.13. The molecule has 94 valence electrons. The number of hydrogen-bond donors (Lipinski definition) is 2. The minimum absolute atomic E-state index is 0.115. The quantitative estimate of drug-likeness (QED) is 0.819. The molecule has 0 heterocycles. The van der Waals surface area contributed by atoms with Crippen LogP contribution >= 0.6 is 11.6 Å². The Morgan fingerprint density at radius 3 is 2.65 bits per heavy atom. The predicted octanol–water partition coefficient (Wildman–Crippen LogP) is 2.03. The van der Waals surface area contributed by atoms with E-state index in [1.54, 1.807) is 24.3 Å². The molecule has 1 atom stereocenters. The van der Waals surface area contributed by atoms with Crippen molar-refractivity contribution >= 4 is 23.2 Å². The second-order valence-electron chi connectivity index (χ2n) is 3.57. The number of amides is 1. The zero-order chi connectivity index (χ0) is 12.7. The fourth-order valence-electron chi connectivity index (χ4n) is 1.40. The minimum Gasteiger partial charge on any atom is -0.377 e. The van der Waals surface area contributed by atoms with Crippen molar-refractivity contribution in [2.75, 3.05) is 18.5 Å². The molecule has 1 amide bonds. The third kappa shape index (κ3) is 5.17. The maximum atomic E-state index is 11.7. The van der Waals surface area contributed by atoms with Gasteiger partial charge < -0.3 is 15.8 Å². The molecule has 3 N–H and O–H groups in total. The molecule has 1 aromatic rings. The Labute approximate surface area is 106 Å². The fraction of sp³-hybridized carbons (Fsp3) is 0.417. The van der Waals surface area contributed by atoms with Crippen LogP contribution in [0.5, 0.6) is 0 Å². The van der Waals surface area contributed by atoms with Gasteiger partial charge >= 0.3 is 0 Å². The Hall–Kier alpha value is -1.10. The molecule has 0 spiro atoms. The smallest absolute Gasteiger partial charge is 0.227 e. The van der Waals surface area contributed by atoms with Crippen molar-refractivity contribution in [2.45, 2.75) is 19.4 Å². The van der Waals surface area contributed by atoms with Crippen molar-refractivity contribution in [3.63, 3.8) is 0 Å². The third-order valence-corrected chi connectivity index (χ3v) is 2.46. The zero-order valence-electron chi connectivity index (χ0n) is 9.78. The van der Waals surface area contributed by atoms with Crippen molar-refractivity contribution in [3.8, 4) is 0 Å². The summed E-state index contributed by atoms with van der Waals surface area (Å²) in [7, 11) is 0. The third-order valence-electron chi connectivity index (χ3n) is 2.21. The largest absolute Gasteiger partial charge is 0.377 e. The summed E-state index contributed by atoms with van der Waals surface area (Å²) in [6, 6.07) is 6.94. The summed E-state index contributed by atoms with van der Waals surface area (Å²) in [5, 5.41) is 3.40. The van der Waals surface area contributed by atoms with E-state index in [4.69, 9.17) is 22.1 Å². The van der Waals surface area contributed by atoms with E-state index in [1.807, 2.05) is 6.92 Å². The molecule has 0 fully saturated rings. The first-order valence-corrected chi connectivity index (χ1v) is 5.90. The van der Waals surface area contributed by atoms with Gasteiger partial charge in [-0.3, -0.25) is 4.79 Å². The van der Waals surface area contributed by atoms with Gasteiger partial charge in [0, 0.05) is 23.9 Å². The van der Waals surface area contributed by atoms with E-state index in [-0.39, 0.29) is 18.4 Å². The summed E-state index contributed by atoms with van der Waals surface area (Å²) < 4.78 is 5.31. The molecule has 0 aliphatic carbocycles. The zero-order valence-corrected chi connectivity index (χ0v) is 10.5. The van der Waals surface area contributed by atoms with E-state index in [0.29, 0.717) is 23.9 Å². The SMILES string of the molecule is CCOC(CN)CC(=O)Nc1ccc(Cl)cc1. The molecule has 4 nitrogen and oxygen atoms in total. The molecule has 0 saturated heterocycles. The molecule has 0 bridgehead atoms. The van der Waals surface area contributed by atoms with Crippen molar-refractivity contribution in [1.82, 2.24) is 0 Å². The number of rotatable bonds is 6. The number of carbonyl (C=O) groups is 1. The number of nitrogens with one attached hydrogen (secondary N) is 1. The molecule has 1 aromatic carbocycles. The van der Waals surface area contributed by atoms with Crippen LogP contribution in [0.15, 0.2) is 24.3 Å². The highest BCUT2D eigenvalue weighted by molar-refractivity contribution is 6.30. The van der Waals surface area contributed by atoms with Gasteiger partial charge in [-0.1, -0.05) is 11.6 Å². The average molecular weight is 257 g/mol. The summed E-state index contributed by atoms with van der Waals surface area (Å²) >= 11 is 5.75. The summed E-state index contributed by atoms with van der Waals surface area (Å²) in [6.07, 6.45) is 0.0276. The van der Waals surface area contributed by atoms with Crippen LogP contribution in [0.4, 0.5) is 5.69 Å². The first-order valence-electron chi connectivity index (χ1n) is 5.52. The second-order valence-corrected chi connectivity index (χ2v) is 4.01. The minimum atomic E-state index is -0.229. The van der Waals surface area contributed by atoms with Crippen LogP contribution < -0.4 is 11.1 Å². The maximum Gasteiger partial charge on any atom is 0.227 e. The van der Waals surface area contributed by atoms with Gasteiger partial charge in [-0.25, -0.2) is 0 Å². The van der Waals surface area contributed by atoms with Crippen LogP contribution in [0.3, 0.4) is 0 Å². The Balaban J connectivity index is 2.46. The number of anilines is 1. The molecule has 0 saturated carbocycles. The topological polar surface area (TPSA) is 64.3 Å². The van der Waals surface area contributed by atoms with Gasteiger partial charge in [-0.2, -0.15) is 0 Å². The van der Waals surface area contributed by atoms with Gasteiger partial charge in [0.05, 0.1) is 12.5 Å². The first-order chi connectivity index (χ1) is 8.15. The lowest BCUT2D eigenvalue weighted by atomic mass is 10.2. The summed E-state index contributed by atoms with van der Waals surface area (Å²) in [6.45, 7) is 2.76. The molecule has 1 unspecified atom stereocenters. The Morgan fingerprint density at radius 1 is 1.47 bits per heavy atom. The number of benzene rings is 1. The van der Waals surface area contributed by atoms with Crippen LogP contribution in [0.2, 0.25) is 5.02 Å². The number of nitrogens with two attached hydrogens (primary N) is 1. The van der Waals surface area contributed by atoms with Gasteiger partial charge in [0.1, 0.15) is 0 Å². The Morgan fingerprint density at radius 2 is 2.12 bits per heavy atom. The van der Waals surface area contributed by atoms with Crippen LogP contribution in [0.1, 0.15) is 13.3 Å². The van der Waals surface area contributed by atoms with Crippen LogP contribution in [0.25, 0.3) is 0 Å². The standard InChI is InChI=1S/C12H17ClN2O2/c1-2-17-11(8-14)7-12(16)15-10-5-3-9(13)4-6-10/h3-6,11H,2,7-8,14H2,1H3,(H,15,16). The molecule has 5 heteroatoms. The first kappa shape index (κ1) is 14.0. The van der Waals surface area contributed by atoms with Crippen molar-refractivity contribution < 1.29 is 9.53 Å². The highest BCUT2D eigenvalue weighted by Gasteiger charge is 2.12. The summed E-state index contributed by atoms with van der Waals surface area (Å²) in [4.78, 5) is 11.7. The van der Waals surface area contributed by atoms with E-state index in [9.17, 15) is 4.79 Å². The molecule has 0 radical (unpaired) electrons. The van der Waals surface area contributed by atoms with E-state index >= 15 is 0 Å². The van der Waals surface area contributed by atoms with Crippen LogP contribution in [0, 0.1) is 0 Å². The van der Waals surface area contributed by atoms with Gasteiger partial charge in [-0.15, -0.1) is 0 Å². The highest BCUT2D eigenvalue weighted by atomic mass is 35.5. The molecular weight excluding hydrogens is 240 g/mol. The number of hydrogen-bond acceptors (Lipinski definition) is 3. The average Bonchev–Trinajstić information content (AvgIpc) is 2.31. The van der Waals surface area contributed by atoms with Gasteiger partial charge in [-0.05, 0) is 31.2 Å². The summed E-state index contributed by atoms with van der Waals surface area (Å²) in [5.74, 6) is -0.115. The number of ether oxygens (including phenoxy) is 1. The van der Waals surface area contributed by atoms with Gasteiger partial charge in [0.25, 0.3) is 0 Å².